The van der Waals surface area contributed by atoms with Gasteiger partial charge in [0.1, 0.15) is 5.82 Å². The molecule has 0 fully saturated rings. The fourth-order valence-electron chi connectivity index (χ4n) is 2.14. The zero-order chi connectivity index (χ0) is 19.2. The van der Waals surface area contributed by atoms with Crippen molar-refractivity contribution in [3.63, 3.8) is 0 Å². The molecule has 0 saturated carbocycles. The average Bonchev–Trinajstić information content (AvgIpc) is 3.14. The first kappa shape index (κ1) is 18.6. The number of carbonyl (C=O) groups is 2. The van der Waals surface area contributed by atoms with E-state index in [9.17, 15) is 14.0 Å². The number of nitrogens with zero attached hydrogens (tertiary/aromatic N) is 2. The molecule has 0 spiro atoms. The minimum atomic E-state index is -0.587. The molecule has 2 N–H and O–H groups in total. The first-order valence-corrected chi connectivity index (χ1v) is 8.77. The minimum absolute atomic E-state index is 0.0518. The van der Waals surface area contributed by atoms with Crippen LogP contribution in [0.15, 0.2) is 57.9 Å². The normalized spacial score (nSPS) is 10.6. The Hall–Kier alpha value is -3.20. The molecular formula is C18H14FN3O4S. The SMILES string of the molecule is NC(=O)CSc1ccccc1C(=O)OCc1noc(-c2ccc(F)cc2)n1. The lowest BCUT2D eigenvalue weighted by Gasteiger charge is -2.07. The maximum absolute atomic E-state index is 13.0. The second-order valence-corrected chi connectivity index (χ2v) is 6.37. The van der Waals surface area contributed by atoms with Gasteiger partial charge >= 0.3 is 5.97 Å². The molecule has 0 bridgehead atoms. The van der Waals surface area contributed by atoms with E-state index in [1.165, 1.54) is 24.3 Å². The molecular weight excluding hydrogens is 373 g/mol. The molecule has 1 heterocycles. The quantitative estimate of drug-likeness (QED) is 0.490. The van der Waals surface area contributed by atoms with Gasteiger partial charge in [-0.15, -0.1) is 11.8 Å². The number of esters is 1. The number of halogens is 1. The van der Waals surface area contributed by atoms with E-state index in [-0.39, 0.29) is 29.9 Å². The number of primary amides is 1. The zero-order valence-corrected chi connectivity index (χ0v) is 14.7. The monoisotopic (exact) mass is 387 g/mol. The van der Waals surface area contributed by atoms with E-state index in [1.54, 1.807) is 24.3 Å². The zero-order valence-electron chi connectivity index (χ0n) is 13.9. The van der Waals surface area contributed by atoms with Gasteiger partial charge in [-0.25, -0.2) is 9.18 Å². The van der Waals surface area contributed by atoms with Crippen molar-refractivity contribution < 1.29 is 23.2 Å². The standard InChI is InChI=1S/C18H14FN3O4S/c19-12-7-5-11(6-8-12)17-21-16(22-26-17)9-25-18(24)13-3-1-2-4-14(13)27-10-15(20)23/h1-8H,9-10H2,(H2,20,23). The summed E-state index contributed by atoms with van der Waals surface area (Å²) < 4.78 is 23.3. The number of hydrogen-bond donors (Lipinski definition) is 1. The van der Waals surface area contributed by atoms with Gasteiger partial charge in [-0.2, -0.15) is 4.98 Å². The summed E-state index contributed by atoms with van der Waals surface area (Å²) in [5.74, 6) is -1.03. The summed E-state index contributed by atoms with van der Waals surface area (Å²) >= 11 is 1.15. The van der Waals surface area contributed by atoms with Gasteiger partial charge in [0.05, 0.1) is 11.3 Å². The molecule has 1 aromatic heterocycles. The van der Waals surface area contributed by atoms with Gasteiger partial charge in [0.2, 0.25) is 11.7 Å². The molecule has 3 rings (SSSR count). The molecule has 3 aromatic rings. The Kier molecular flexibility index (Phi) is 5.82. The third kappa shape index (κ3) is 4.91. The van der Waals surface area contributed by atoms with Crippen molar-refractivity contribution in [2.24, 2.45) is 5.73 Å². The van der Waals surface area contributed by atoms with E-state index in [0.717, 1.165) is 11.8 Å². The molecule has 7 nitrogen and oxygen atoms in total. The predicted molar refractivity (Wildman–Crippen MR) is 95.2 cm³/mol. The Morgan fingerprint density at radius 1 is 1.15 bits per heavy atom. The Morgan fingerprint density at radius 3 is 2.63 bits per heavy atom. The van der Waals surface area contributed by atoms with Crippen LogP contribution in [0, 0.1) is 5.82 Å². The largest absolute Gasteiger partial charge is 0.454 e. The van der Waals surface area contributed by atoms with Crippen molar-refractivity contribution in [2.45, 2.75) is 11.5 Å². The van der Waals surface area contributed by atoms with E-state index in [0.29, 0.717) is 16.0 Å². The van der Waals surface area contributed by atoms with E-state index in [1.807, 2.05) is 0 Å². The average molecular weight is 387 g/mol. The molecule has 0 aliphatic heterocycles. The fraction of sp³-hybridized carbons (Fsp3) is 0.111. The van der Waals surface area contributed by atoms with E-state index >= 15 is 0 Å². The number of thioether (sulfide) groups is 1. The smallest absolute Gasteiger partial charge is 0.339 e. The number of amides is 1. The van der Waals surface area contributed by atoms with Gasteiger partial charge in [-0.1, -0.05) is 17.3 Å². The van der Waals surface area contributed by atoms with Crippen LogP contribution in [-0.4, -0.2) is 27.8 Å². The Bertz CT molecular complexity index is 959. The van der Waals surface area contributed by atoms with Crippen LogP contribution in [0.5, 0.6) is 0 Å². The molecule has 0 aliphatic carbocycles. The highest BCUT2D eigenvalue weighted by molar-refractivity contribution is 8.00. The summed E-state index contributed by atoms with van der Waals surface area (Å²) in [7, 11) is 0. The summed E-state index contributed by atoms with van der Waals surface area (Å²) in [5, 5.41) is 3.74. The lowest BCUT2D eigenvalue weighted by atomic mass is 10.2. The predicted octanol–water partition coefficient (Wildman–Crippen LogP) is 2.81. The van der Waals surface area contributed by atoms with Crippen molar-refractivity contribution in [3.05, 3.63) is 65.7 Å². The van der Waals surface area contributed by atoms with E-state index in [4.69, 9.17) is 15.0 Å². The van der Waals surface area contributed by atoms with Crippen molar-refractivity contribution >= 4 is 23.6 Å². The van der Waals surface area contributed by atoms with Crippen LogP contribution in [0.1, 0.15) is 16.2 Å². The van der Waals surface area contributed by atoms with Crippen molar-refractivity contribution in [1.29, 1.82) is 0 Å². The van der Waals surface area contributed by atoms with Gasteiger partial charge in [-0.05, 0) is 36.4 Å². The third-order valence-corrected chi connectivity index (χ3v) is 4.46. The summed E-state index contributed by atoms with van der Waals surface area (Å²) in [6.07, 6.45) is 0. The summed E-state index contributed by atoms with van der Waals surface area (Å²) in [6.45, 7) is -0.196. The van der Waals surface area contributed by atoms with Crippen LogP contribution >= 0.6 is 11.8 Å². The molecule has 0 unspecified atom stereocenters. The lowest BCUT2D eigenvalue weighted by Crippen LogP contribution is -2.14. The lowest BCUT2D eigenvalue weighted by molar-refractivity contribution is -0.115. The molecule has 1 amide bonds. The number of benzene rings is 2. The Labute approximate surface area is 157 Å². The molecule has 2 aromatic carbocycles. The molecule has 0 atom stereocenters. The van der Waals surface area contributed by atoms with Gasteiger partial charge in [0.15, 0.2) is 6.61 Å². The number of carbonyl (C=O) groups excluding carboxylic acids is 2. The van der Waals surface area contributed by atoms with Crippen LogP contribution in [0.4, 0.5) is 4.39 Å². The minimum Gasteiger partial charge on any atom is -0.454 e. The van der Waals surface area contributed by atoms with Crippen LogP contribution in [0.2, 0.25) is 0 Å². The summed E-state index contributed by atoms with van der Waals surface area (Å²) in [5.41, 5.74) is 6.00. The van der Waals surface area contributed by atoms with Crippen molar-refractivity contribution in [2.75, 3.05) is 5.75 Å². The molecule has 0 radical (unpaired) electrons. The number of aromatic nitrogens is 2. The second-order valence-electron chi connectivity index (χ2n) is 5.35. The van der Waals surface area contributed by atoms with Crippen LogP contribution < -0.4 is 5.73 Å². The highest BCUT2D eigenvalue weighted by Crippen LogP contribution is 2.23. The summed E-state index contributed by atoms with van der Waals surface area (Å²) in [4.78, 5) is 28.0. The number of ether oxygens (including phenoxy) is 1. The van der Waals surface area contributed by atoms with Crippen LogP contribution in [0.3, 0.4) is 0 Å². The molecule has 27 heavy (non-hydrogen) atoms. The number of hydrogen-bond acceptors (Lipinski definition) is 7. The number of rotatable bonds is 7. The van der Waals surface area contributed by atoms with Gasteiger partial charge in [-0.3, -0.25) is 4.79 Å². The first-order chi connectivity index (χ1) is 13.0. The first-order valence-electron chi connectivity index (χ1n) is 7.78. The fourth-order valence-corrected chi connectivity index (χ4v) is 2.92. The second kappa shape index (κ2) is 8.45. The van der Waals surface area contributed by atoms with Gasteiger partial charge < -0.3 is 15.0 Å². The molecule has 138 valence electrons. The molecule has 0 aliphatic rings. The third-order valence-electron chi connectivity index (χ3n) is 3.37. The van der Waals surface area contributed by atoms with E-state index in [2.05, 4.69) is 10.1 Å². The highest BCUT2D eigenvalue weighted by Gasteiger charge is 2.16. The number of nitrogens with two attached hydrogens (primary N) is 1. The van der Waals surface area contributed by atoms with Crippen LogP contribution in [-0.2, 0) is 16.1 Å². The molecule has 0 saturated heterocycles. The van der Waals surface area contributed by atoms with Gasteiger partial charge in [0.25, 0.3) is 5.89 Å². The maximum atomic E-state index is 13.0. The topological polar surface area (TPSA) is 108 Å². The summed E-state index contributed by atoms with van der Waals surface area (Å²) in [6, 6.07) is 12.3. The van der Waals surface area contributed by atoms with E-state index < -0.39 is 11.9 Å². The maximum Gasteiger partial charge on any atom is 0.339 e. The van der Waals surface area contributed by atoms with Crippen LogP contribution in [0.25, 0.3) is 11.5 Å². The molecule has 9 heteroatoms. The van der Waals surface area contributed by atoms with Gasteiger partial charge in [0, 0.05) is 10.5 Å². The Balaban J connectivity index is 1.65. The van der Waals surface area contributed by atoms with Crippen molar-refractivity contribution in [1.82, 2.24) is 10.1 Å². The highest BCUT2D eigenvalue weighted by atomic mass is 32.2. The van der Waals surface area contributed by atoms with Crippen molar-refractivity contribution in [3.8, 4) is 11.5 Å². The Morgan fingerprint density at radius 2 is 1.89 bits per heavy atom.